The number of nitrogens with zero attached hydrogens (tertiary/aromatic N) is 4. The molecule has 0 aliphatic rings. The van der Waals surface area contributed by atoms with Gasteiger partial charge >= 0.3 is 0 Å². The van der Waals surface area contributed by atoms with Crippen LogP contribution >= 0.6 is 0 Å². The Morgan fingerprint density at radius 2 is 1.83 bits per heavy atom. The predicted octanol–water partition coefficient (Wildman–Crippen LogP) is 4.67. The summed E-state index contributed by atoms with van der Waals surface area (Å²) in [7, 11) is 0. The maximum Gasteiger partial charge on any atom is 0.221 e. The highest BCUT2D eigenvalue weighted by Gasteiger charge is 2.11. The summed E-state index contributed by atoms with van der Waals surface area (Å²) in [5.41, 5.74) is 10.4. The Morgan fingerprint density at radius 3 is 2.72 bits per heavy atom. The highest BCUT2D eigenvalue weighted by molar-refractivity contribution is 5.85. The largest absolute Gasteiger partial charge is 0.444 e. The molecule has 3 N–H and O–H groups in total. The molecule has 0 amide bonds. The van der Waals surface area contributed by atoms with Crippen molar-refractivity contribution in [3.05, 3.63) is 79.6 Å². The van der Waals surface area contributed by atoms with E-state index in [4.69, 9.17) is 10.2 Å². The van der Waals surface area contributed by atoms with Gasteiger partial charge in [-0.15, -0.1) is 0 Å². The van der Waals surface area contributed by atoms with Crippen molar-refractivity contribution < 1.29 is 4.42 Å². The molecule has 3 aromatic heterocycles. The van der Waals surface area contributed by atoms with Crippen LogP contribution in [0.2, 0.25) is 0 Å². The number of nitrogens with two attached hydrogens (primary N) is 1. The van der Waals surface area contributed by atoms with E-state index in [0.717, 1.165) is 33.3 Å². The van der Waals surface area contributed by atoms with Crippen molar-refractivity contribution in [1.82, 2.24) is 19.9 Å². The maximum absolute atomic E-state index is 5.86. The molecule has 3 heterocycles. The number of aromatic nitrogens is 4. The van der Waals surface area contributed by atoms with Gasteiger partial charge < -0.3 is 15.5 Å². The Bertz CT molecular complexity index is 1300. The fourth-order valence-corrected chi connectivity index (χ4v) is 3.19. The lowest BCUT2D eigenvalue weighted by Gasteiger charge is -2.12. The zero-order chi connectivity index (χ0) is 19.6. The molecule has 0 aliphatic carbocycles. The van der Waals surface area contributed by atoms with E-state index in [9.17, 15) is 0 Å². The minimum atomic E-state index is 0.199. The number of hydrogen-bond acceptors (Lipinski definition) is 7. The number of anilines is 3. The number of hydrogen-bond donors (Lipinski definition) is 2. The van der Waals surface area contributed by atoms with Crippen molar-refractivity contribution in [3.8, 4) is 22.5 Å². The van der Waals surface area contributed by atoms with Crippen LogP contribution in [0.15, 0.2) is 84.0 Å². The number of rotatable bonds is 4. The highest BCUT2D eigenvalue weighted by Crippen LogP contribution is 2.32. The Hall–Kier alpha value is -4.26. The van der Waals surface area contributed by atoms with Crippen molar-refractivity contribution >= 4 is 28.4 Å². The molecule has 0 aliphatic heterocycles. The maximum atomic E-state index is 5.86. The minimum Gasteiger partial charge on any atom is -0.444 e. The topological polar surface area (TPSA) is 103 Å². The molecule has 0 saturated heterocycles. The van der Waals surface area contributed by atoms with E-state index in [1.165, 1.54) is 6.39 Å². The van der Waals surface area contributed by atoms with E-state index in [1.54, 1.807) is 18.6 Å². The molecule has 5 rings (SSSR count). The highest BCUT2D eigenvalue weighted by atomic mass is 16.3. The SMILES string of the molecule is Nc1ncc(-c2cccc(-c3cnco3)c2)c(Nc2ccc3ncccc3c2)n1. The lowest BCUT2D eigenvalue weighted by atomic mass is 10.0. The van der Waals surface area contributed by atoms with Crippen molar-refractivity contribution in [2.75, 3.05) is 11.1 Å². The third kappa shape index (κ3) is 3.37. The molecule has 0 atom stereocenters. The number of benzene rings is 2. The average molecular weight is 380 g/mol. The van der Waals surface area contributed by atoms with Crippen molar-refractivity contribution in [3.63, 3.8) is 0 Å². The van der Waals surface area contributed by atoms with Crippen LogP contribution in [-0.2, 0) is 0 Å². The summed E-state index contributed by atoms with van der Waals surface area (Å²) in [4.78, 5) is 16.9. The van der Waals surface area contributed by atoms with Gasteiger partial charge in [-0.3, -0.25) is 4.98 Å². The van der Waals surface area contributed by atoms with Crippen LogP contribution in [0.25, 0.3) is 33.4 Å². The monoisotopic (exact) mass is 380 g/mol. The van der Waals surface area contributed by atoms with Gasteiger partial charge in [-0.2, -0.15) is 4.98 Å². The first-order valence-corrected chi connectivity index (χ1v) is 9.00. The molecule has 5 aromatic rings. The molecular weight excluding hydrogens is 364 g/mol. The van der Waals surface area contributed by atoms with Crippen LogP contribution in [-0.4, -0.2) is 19.9 Å². The number of pyridine rings is 1. The second kappa shape index (κ2) is 7.05. The Balaban J connectivity index is 1.56. The van der Waals surface area contributed by atoms with Crippen molar-refractivity contribution in [2.45, 2.75) is 0 Å². The standard InChI is InChI=1S/C22H16N6O/c23-22-26-11-18(14-3-1-4-16(9-14)20-12-24-13-29-20)21(28-22)27-17-6-7-19-15(10-17)5-2-8-25-19/h1-13H,(H3,23,26,27,28). The summed E-state index contributed by atoms with van der Waals surface area (Å²) in [5.74, 6) is 1.51. The Labute approximate surface area is 166 Å². The third-order valence-corrected chi connectivity index (χ3v) is 4.56. The Morgan fingerprint density at radius 1 is 0.897 bits per heavy atom. The van der Waals surface area contributed by atoms with E-state index >= 15 is 0 Å². The van der Waals surface area contributed by atoms with Gasteiger partial charge in [-0.25, -0.2) is 9.97 Å². The van der Waals surface area contributed by atoms with Crippen LogP contribution in [0, 0.1) is 0 Å². The van der Waals surface area contributed by atoms with Gasteiger partial charge in [0.1, 0.15) is 5.82 Å². The third-order valence-electron chi connectivity index (χ3n) is 4.56. The lowest BCUT2D eigenvalue weighted by molar-refractivity contribution is 0.572. The van der Waals surface area contributed by atoms with Gasteiger partial charge in [0.15, 0.2) is 12.2 Å². The molecule has 29 heavy (non-hydrogen) atoms. The number of oxazole rings is 1. The molecule has 0 bridgehead atoms. The first-order valence-electron chi connectivity index (χ1n) is 9.00. The van der Waals surface area contributed by atoms with E-state index < -0.39 is 0 Å². The quantitative estimate of drug-likeness (QED) is 0.467. The van der Waals surface area contributed by atoms with Gasteiger partial charge in [0.05, 0.1) is 11.7 Å². The summed E-state index contributed by atoms with van der Waals surface area (Å²) in [6.45, 7) is 0. The molecule has 0 radical (unpaired) electrons. The normalized spacial score (nSPS) is 10.9. The van der Waals surface area contributed by atoms with Crippen LogP contribution < -0.4 is 11.1 Å². The fourth-order valence-electron chi connectivity index (χ4n) is 3.19. The van der Waals surface area contributed by atoms with Gasteiger partial charge in [-0.05, 0) is 35.9 Å². The summed E-state index contributed by atoms with van der Waals surface area (Å²) in [6.07, 6.45) is 6.59. The molecule has 7 nitrogen and oxygen atoms in total. The second-order valence-corrected chi connectivity index (χ2v) is 6.47. The molecule has 2 aromatic carbocycles. The summed E-state index contributed by atoms with van der Waals surface area (Å²) >= 11 is 0. The lowest BCUT2D eigenvalue weighted by Crippen LogP contribution is -2.02. The average Bonchev–Trinajstić information content (AvgIpc) is 3.29. The summed E-state index contributed by atoms with van der Waals surface area (Å²) in [5, 5.41) is 4.40. The zero-order valence-corrected chi connectivity index (χ0v) is 15.3. The van der Waals surface area contributed by atoms with E-state index in [2.05, 4.69) is 25.3 Å². The molecule has 0 fully saturated rings. The van der Waals surface area contributed by atoms with Gasteiger partial charge in [0, 0.05) is 34.6 Å². The van der Waals surface area contributed by atoms with Crippen molar-refractivity contribution in [2.24, 2.45) is 0 Å². The first-order chi connectivity index (χ1) is 14.3. The van der Waals surface area contributed by atoms with Crippen LogP contribution in [0.5, 0.6) is 0 Å². The summed E-state index contributed by atoms with van der Waals surface area (Å²) < 4.78 is 5.41. The number of nitrogen functional groups attached to an aromatic ring is 1. The Kier molecular flexibility index (Phi) is 4.10. The molecule has 0 spiro atoms. The van der Waals surface area contributed by atoms with Gasteiger partial charge in [-0.1, -0.05) is 24.3 Å². The van der Waals surface area contributed by atoms with E-state index in [-0.39, 0.29) is 5.95 Å². The van der Waals surface area contributed by atoms with Gasteiger partial charge in [0.25, 0.3) is 0 Å². The predicted molar refractivity (Wildman–Crippen MR) is 112 cm³/mol. The van der Waals surface area contributed by atoms with E-state index in [1.807, 2.05) is 54.6 Å². The van der Waals surface area contributed by atoms with E-state index in [0.29, 0.717) is 11.6 Å². The number of nitrogens with one attached hydrogen (secondary N) is 1. The molecule has 7 heteroatoms. The van der Waals surface area contributed by atoms with Crippen LogP contribution in [0.1, 0.15) is 0 Å². The van der Waals surface area contributed by atoms with Crippen molar-refractivity contribution in [1.29, 1.82) is 0 Å². The first kappa shape index (κ1) is 16.9. The summed E-state index contributed by atoms with van der Waals surface area (Å²) in [6, 6.07) is 17.8. The molecule has 0 saturated carbocycles. The smallest absolute Gasteiger partial charge is 0.221 e. The van der Waals surface area contributed by atoms with Crippen LogP contribution in [0.3, 0.4) is 0 Å². The van der Waals surface area contributed by atoms with Gasteiger partial charge in [0.2, 0.25) is 5.95 Å². The molecular formula is C22H16N6O. The zero-order valence-electron chi connectivity index (χ0n) is 15.3. The second-order valence-electron chi connectivity index (χ2n) is 6.47. The number of fused-ring (bicyclic) bond motifs is 1. The van der Waals surface area contributed by atoms with Crippen LogP contribution in [0.4, 0.5) is 17.5 Å². The minimum absolute atomic E-state index is 0.199. The fraction of sp³-hybridized carbons (Fsp3) is 0. The molecule has 0 unspecified atom stereocenters. The molecule has 140 valence electrons.